The number of β-lactam (4-membered cyclic amide) rings is 1. The fourth-order valence-electron chi connectivity index (χ4n) is 8.05. The van der Waals surface area contributed by atoms with Crippen molar-refractivity contribution in [3.05, 3.63) is 173 Å². The van der Waals surface area contributed by atoms with Crippen molar-refractivity contribution >= 4 is 76.1 Å². The van der Waals surface area contributed by atoms with E-state index in [1.54, 1.807) is 30.3 Å². The molecule has 1 saturated heterocycles. The summed E-state index contributed by atoms with van der Waals surface area (Å²) in [5, 5.41) is 36.6. The number of aliphatic imine (C=N–C) groups is 2. The number of alkyl carbamates (subject to hydrolysis) is 1. The maximum Gasteiger partial charge on any atom is 0.422 e. The maximum absolute atomic E-state index is 13.8. The number of benzene rings is 5. The van der Waals surface area contributed by atoms with Gasteiger partial charge < -0.3 is 19.1 Å². The Morgan fingerprint density at radius 2 is 1.24 bits per heavy atom. The summed E-state index contributed by atoms with van der Waals surface area (Å²) in [4.78, 5) is 128. The fourth-order valence-corrected chi connectivity index (χ4v) is 8.05. The molecule has 1 fully saturated rings. The summed E-state index contributed by atoms with van der Waals surface area (Å²) < 4.78 is 16.4. The summed E-state index contributed by atoms with van der Waals surface area (Å²) in [5.41, 5.74) is -0.243. The molecule has 0 spiro atoms. The number of guanidine groups is 1. The molecule has 1 N–H and O–H groups in total. The number of rotatable bonds is 16. The molecule has 0 bridgehead atoms. The third-order valence-electron chi connectivity index (χ3n) is 11.6. The maximum atomic E-state index is 13.8. The van der Waals surface area contributed by atoms with Gasteiger partial charge in [-0.05, 0) is 65.8 Å². The zero-order valence-electron chi connectivity index (χ0n) is 38.0. The molecule has 2 aliphatic heterocycles. The number of carbonyl (C=O) groups excluding carboxylic acids is 6. The predicted molar refractivity (Wildman–Crippen MR) is 249 cm³/mol. The van der Waals surface area contributed by atoms with Gasteiger partial charge >= 0.3 is 30.0 Å². The lowest BCUT2D eigenvalue weighted by Crippen LogP contribution is -2.62. The van der Waals surface area contributed by atoms with Crippen LogP contribution in [0.25, 0.3) is 10.8 Å². The minimum atomic E-state index is -1.36. The number of nitrogens with one attached hydrogen (secondary N) is 1. The third-order valence-corrected chi connectivity index (χ3v) is 11.6. The molecule has 3 atom stereocenters. The van der Waals surface area contributed by atoms with Gasteiger partial charge in [0.05, 0.1) is 43.4 Å². The first-order valence-corrected chi connectivity index (χ1v) is 21.6. The van der Waals surface area contributed by atoms with E-state index < -0.39 is 62.7 Å². The van der Waals surface area contributed by atoms with Crippen LogP contribution in [-0.4, -0.2) is 87.1 Å². The third kappa shape index (κ3) is 11.1. The van der Waals surface area contributed by atoms with Gasteiger partial charge in [-0.15, -0.1) is 0 Å². The summed E-state index contributed by atoms with van der Waals surface area (Å²) >= 11 is 0. The Morgan fingerprint density at radius 3 is 1.79 bits per heavy atom. The van der Waals surface area contributed by atoms with Crippen molar-refractivity contribution in [1.82, 2.24) is 10.2 Å². The highest BCUT2D eigenvalue weighted by atomic mass is 17.2. The summed E-state index contributed by atoms with van der Waals surface area (Å²) in [7, 11) is 0. The molecule has 368 valence electrons. The first kappa shape index (κ1) is 50.1. The standard InChI is InChI=1S/C48H39N7O17/c1-26(2)39-40-27(3)37(41(52(40)42(39)56)46(60)70-43(57)29-10-16-32(17-11-29)53(62)63)24-68-38-9-5-7-35-28(6-4-8-36(35)38)22-23-49-47(50-25-69-72-45(59)31-14-20-34(21-15-31)55(66)67)51-48(61)71-44(58)30-12-18-33(19-13-30)54(64)65/h4-21,25-27,39-40H,22-24H2,1-3H3,(H,49,51,61)/b50-25+/t27-,39+,40+/m0/s1. The van der Waals surface area contributed by atoms with Crippen LogP contribution in [0.5, 0.6) is 5.75 Å². The average Bonchev–Trinajstić information content (AvgIpc) is 3.60. The van der Waals surface area contributed by atoms with Gasteiger partial charge in [0.15, 0.2) is 0 Å². The van der Waals surface area contributed by atoms with Crippen molar-refractivity contribution in [2.24, 2.45) is 27.7 Å². The van der Waals surface area contributed by atoms with E-state index in [1.165, 1.54) is 4.90 Å². The van der Waals surface area contributed by atoms with Crippen LogP contribution in [0.3, 0.4) is 0 Å². The van der Waals surface area contributed by atoms with Gasteiger partial charge in [0, 0.05) is 59.8 Å². The van der Waals surface area contributed by atoms with E-state index in [9.17, 15) is 59.1 Å². The molecule has 2 heterocycles. The molecule has 24 nitrogen and oxygen atoms in total. The van der Waals surface area contributed by atoms with Crippen molar-refractivity contribution in [2.75, 3.05) is 13.2 Å². The van der Waals surface area contributed by atoms with Crippen LogP contribution in [-0.2, 0) is 35.3 Å². The summed E-state index contributed by atoms with van der Waals surface area (Å²) in [6, 6.07) is 23.3. The van der Waals surface area contributed by atoms with Crippen LogP contribution in [0, 0.1) is 48.1 Å². The monoisotopic (exact) mass is 985 g/mol. The molecule has 0 unspecified atom stereocenters. The van der Waals surface area contributed by atoms with Crippen LogP contribution < -0.4 is 10.1 Å². The van der Waals surface area contributed by atoms with E-state index in [0.717, 1.165) is 78.4 Å². The van der Waals surface area contributed by atoms with Crippen LogP contribution in [0.2, 0.25) is 0 Å². The van der Waals surface area contributed by atoms with Crippen molar-refractivity contribution < 1.29 is 67.5 Å². The number of non-ortho nitro benzene ring substituents is 3. The van der Waals surface area contributed by atoms with Gasteiger partial charge in [-0.3, -0.25) is 50.3 Å². The minimum Gasteiger partial charge on any atom is -0.488 e. The Morgan fingerprint density at radius 1 is 0.708 bits per heavy atom. The quantitative estimate of drug-likeness (QED) is 0.0152. The molecule has 24 heteroatoms. The normalized spacial score (nSPS) is 16.2. The fraction of sp³-hybridized carbons (Fsp3) is 0.208. The number of amides is 2. The van der Waals surface area contributed by atoms with E-state index in [-0.39, 0.29) is 76.8 Å². The average molecular weight is 986 g/mol. The van der Waals surface area contributed by atoms with Crippen molar-refractivity contribution in [3.8, 4) is 5.75 Å². The van der Waals surface area contributed by atoms with Gasteiger partial charge in [0.2, 0.25) is 18.3 Å². The molecule has 5 aromatic carbocycles. The lowest BCUT2D eigenvalue weighted by Gasteiger charge is -2.47. The first-order valence-electron chi connectivity index (χ1n) is 21.6. The molecule has 0 radical (unpaired) electrons. The number of carbonyl (C=O) groups is 6. The first-order chi connectivity index (χ1) is 34.4. The highest BCUT2D eigenvalue weighted by Gasteiger charge is 2.59. The molecular formula is C48H39N7O17. The van der Waals surface area contributed by atoms with Crippen LogP contribution in [0.4, 0.5) is 21.9 Å². The minimum absolute atomic E-state index is 0.0678. The van der Waals surface area contributed by atoms with Crippen molar-refractivity contribution in [3.63, 3.8) is 0 Å². The molecule has 2 aliphatic rings. The Bertz CT molecular complexity index is 3120. The van der Waals surface area contributed by atoms with Gasteiger partial charge in [0.1, 0.15) is 18.1 Å². The second-order valence-corrected chi connectivity index (χ2v) is 16.2. The largest absolute Gasteiger partial charge is 0.488 e. The number of hydrogen-bond donors (Lipinski definition) is 1. The zero-order chi connectivity index (χ0) is 51.8. The Kier molecular flexibility index (Phi) is 15.1. The molecular weight excluding hydrogens is 947 g/mol. The highest BCUT2D eigenvalue weighted by molar-refractivity contribution is 6.07. The van der Waals surface area contributed by atoms with Crippen LogP contribution in [0.15, 0.2) is 130 Å². The number of fused-ring (bicyclic) bond motifs is 2. The molecule has 72 heavy (non-hydrogen) atoms. The number of nitro benzene ring substituents is 3. The number of hydrogen-bond acceptors (Lipinski definition) is 18. The molecule has 0 saturated carbocycles. The van der Waals surface area contributed by atoms with Crippen molar-refractivity contribution in [2.45, 2.75) is 33.2 Å². The smallest absolute Gasteiger partial charge is 0.422 e. The van der Waals surface area contributed by atoms with E-state index in [2.05, 4.69) is 20.2 Å². The number of nitro groups is 3. The zero-order valence-corrected chi connectivity index (χ0v) is 38.0. The number of nitrogens with zero attached hydrogens (tertiary/aromatic N) is 6. The van der Waals surface area contributed by atoms with Gasteiger partial charge in [-0.1, -0.05) is 51.1 Å². The molecule has 5 aromatic rings. The molecule has 7 rings (SSSR count). The van der Waals surface area contributed by atoms with Crippen LogP contribution in [0.1, 0.15) is 57.4 Å². The van der Waals surface area contributed by atoms with Gasteiger partial charge in [0.25, 0.3) is 17.1 Å². The predicted octanol–water partition coefficient (Wildman–Crippen LogP) is 7.00. The SMILES string of the molecule is CC(C)[C@H]1C(=O)N2C(C(=O)OC(=O)c3ccc([N+](=O)[O-])cc3)=C(COc3cccc4c(CCN=C(/N=C/OOC(=O)c5ccc([N+](=O)[O-])cc5)NC(=O)OC(=O)c5ccc([N+](=O)[O-])cc5)cccc34)[C@H](C)[C@H]12. The molecule has 0 aliphatic carbocycles. The number of esters is 3. The molecule has 2 amide bonds. The summed E-state index contributed by atoms with van der Waals surface area (Å²) in [5.74, 6) is -5.65. The van der Waals surface area contributed by atoms with E-state index in [1.807, 2.05) is 26.8 Å². The second kappa shape index (κ2) is 21.7. The van der Waals surface area contributed by atoms with Crippen molar-refractivity contribution in [1.29, 1.82) is 0 Å². The number of ether oxygens (including phenoxy) is 3. The Hall–Kier alpha value is -9.74. The van der Waals surface area contributed by atoms with E-state index >= 15 is 0 Å². The lowest BCUT2D eigenvalue weighted by molar-refractivity contribution is -0.385. The lowest BCUT2D eigenvalue weighted by atomic mass is 9.74. The highest BCUT2D eigenvalue weighted by Crippen LogP contribution is 2.49. The van der Waals surface area contributed by atoms with Gasteiger partial charge in [-0.2, -0.15) is 4.99 Å². The second-order valence-electron chi connectivity index (χ2n) is 16.2. The van der Waals surface area contributed by atoms with E-state index in [4.69, 9.17) is 19.1 Å². The van der Waals surface area contributed by atoms with Crippen LogP contribution >= 0.6 is 0 Å². The molecule has 0 aromatic heterocycles. The summed E-state index contributed by atoms with van der Waals surface area (Å²) in [6.45, 7) is 5.38. The van der Waals surface area contributed by atoms with E-state index in [0.29, 0.717) is 28.5 Å². The Balaban J connectivity index is 1.07. The Labute approximate surface area is 405 Å². The van der Waals surface area contributed by atoms with Gasteiger partial charge in [-0.25, -0.2) is 28.9 Å². The topological polar surface area (TPSA) is 318 Å². The summed E-state index contributed by atoms with van der Waals surface area (Å²) in [6.07, 6.45) is -0.575.